The third-order valence-electron chi connectivity index (χ3n) is 4.05. The Balaban J connectivity index is 0.00000220. The van der Waals surface area contributed by atoms with E-state index in [4.69, 9.17) is 0 Å². The highest BCUT2D eigenvalue weighted by Crippen LogP contribution is 2.34. The Bertz CT molecular complexity index is 425. The maximum atomic E-state index is 13.6. The minimum Gasteiger partial charge on any atom is -0.505 e. The van der Waals surface area contributed by atoms with E-state index < -0.39 is 5.82 Å². The summed E-state index contributed by atoms with van der Waals surface area (Å²) in [4.78, 5) is 2.36. The normalized spacial score (nSPS) is 17.2. The Morgan fingerprint density at radius 1 is 1.29 bits per heavy atom. The van der Waals surface area contributed by atoms with Crippen LogP contribution in [0.25, 0.3) is 0 Å². The number of phenols is 1. The predicted octanol–water partition coefficient (Wildman–Crippen LogP) is 3.48. The summed E-state index contributed by atoms with van der Waals surface area (Å²) in [7, 11) is 0. The standard InChI is InChI=1S/C16H25FN2O.ClH/c1-2-3-4-8-15(19-11-9-18-10-12-19)13-6-5-7-14(17)16(13)20;/h5-7,15,18,20H,2-4,8-12H2,1H3;1H/t15-;/m0./s1. The first-order valence-electron chi connectivity index (χ1n) is 7.66. The van der Waals surface area contributed by atoms with Gasteiger partial charge in [-0.25, -0.2) is 4.39 Å². The van der Waals surface area contributed by atoms with E-state index in [0.29, 0.717) is 0 Å². The van der Waals surface area contributed by atoms with Crippen molar-refractivity contribution in [3.05, 3.63) is 29.6 Å². The average Bonchev–Trinajstić information content (AvgIpc) is 2.48. The Labute approximate surface area is 132 Å². The summed E-state index contributed by atoms with van der Waals surface area (Å²) in [6.45, 7) is 6.00. The average molecular weight is 317 g/mol. The molecule has 0 unspecified atom stereocenters. The van der Waals surface area contributed by atoms with Crippen LogP contribution in [-0.2, 0) is 0 Å². The van der Waals surface area contributed by atoms with Crippen LogP contribution in [0.3, 0.4) is 0 Å². The quantitative estimate of drug-likeness (QED) is 0.789. The number of nitrogens with zero attached hydrogens (tertiary/aromatic N) is 1. The fraction of sp³-hybridized carbons (Fsp3) is 0.625. The topological polar surface area (TPSA) is 35.5 Å². The van der Waals surface area contributed by atoms with Gasteiger partial charge >= 0.3 is 0 Å². The van der Waals surface area contributed by atoms with E-state index in [-0.39, 0.29) is 24.2 Å². The molecule has 5 heteroatoms. The van der Waals surface area contributed by atoms with Crippen LogP contribution in [0, 0.1) is 5.82 Å². The van der Waals surface area contributed by atoms with Crippen LogP contribution in [0.2, 0.25) is 0 Å². The number of piperazine rings is 1. The van der Waals surface area contributed by atoms with E-state index in [2.05, 4.69) is 17.1 Å². The predicted molar refractivity (Wildman–Crippen MR) is 86.6 cm³/mol. The summed E-state index contributed by atoms with van der Waals surface area (Å²) in [5.41, 5.74) is 0.739. The molecule has 2 N–H and O–H groups in total. The Kier molecular flexibility index (Phi) is 8.01. The van der Waals surface area contributed by atoms with E-state index in [1.807, 2.05) is 6.07 Å². The van der Waals surface area contributed by atoms with Crippen LogP contribution in [-0.4, -0.2) is 36.2 Å². The fourth-order valence-electron chi connectivity index (χ4n) is 2.92. The molecule has 1 aromatic rings. The summed E-state index contributed by atoms with van der Waals surface area (Å²) < 4.78 is 13.6. The lowest BCUT2D eigenvalue weighted by molar-refractivity contribution is 0.159. The number of phenolic OH excluding ortho intramolecular Hbond substituents is 1. The van der Waals surface area contributed by atoms with Crippen LogP contribution in [0.15, 0.2) is 18.2 Å². The summed E-state index contributed by atoms with van der Waals surface area (Å²) >= 11 is 0. The number of nitrogens with one attached hydrogen (secondary N) is 1. The van der Waals surface area contributed by atoms with Gasteiger partial charge in [0, 0.05) is 37.8 Å². The van der Waals surface area contributed by atoms with Crippen molar-refractivity contribution in [2.75, 3.05) is 26.2 Å². The Hall–Kier alpha value is -0.840. The number of para-hydroxylation sites is 1. The van der Waals surface area contributed by atoms with Crippen molar-refractivity contribution < 1.29 is 9.50 Å². The van der Waals surface area contributed by atoms with Crippen molar-refractivity contribution in [1.29, 1.82) is 0 Å². The molecule has 0 radical (unpaired) electrons. The molecule has 1 atom stereocenters. The number of benzene rings is 1. The minimum absolute atomic E-state index is 0. The SMILES string of the molecule is CCCCC[C@@H](c1cccc(F)c1O)N1CCNCC1.Cl. The molecule has 120 valence electrons. The molecule has 2 rings (SSSR count). The van der Waals surface area contributed by atoms with Crippen LogP contribution in [0.5, 0.6) is 5.75 Å². The fourth-order valence-corrected chi connectivity index (χ4v) is 2.92. The third kappa shape index (κ3) is 4.83. The highest BCUT2D eigenvalue weighted by atomic mass is 35.5. The maximum absolute atomic E-state index is 13.6. The van der Waals surface area contributed by atoms with Gasteiger partial charge in [-0.1, -0.05) is 38.3 Å². The number of aromatic hydroxyl groups is 1. The van der Waals surface area contributed by atoms with E-state index in [9.17, 15) is 9.50 Å². The van der Waals surface area contributed by atoms with Gasteiger partial charge in [0.05, 0.1) is 0 Å². The van der Waals surface area contributed by atoms with Gasteiger partial charge in [-0.05, 0) is 12.5 Å². The lowest BCUT2D eigenvalue weighted by Gasteiger charge is -2.35. The molecule has 1 aromatic carbocycles. The van der Waals surface area contributed by atoms with Crippen LogP contribution < -0.4 is 5.32 Å². The smallest absolute Gasteiger partial charge is 0.165 e. The first-order valence-corrected chi connectivity index (χ1v) is 7.66. The maximum Gasteiger partial charge on any atom is 0.165 e. The highest BCUT2D eigenvalue weighted by Gasteiger charge is 2.25. The Morgan fingerprint density at radius 3 is 2.67 bits per heavy atom. The summed E-state index contributed by atoms with van der Waals surface area (Å²) in [6, 6.07) is 5.00. The summed E-state index contributed by atoms with van der Waals surface area (Å²) in [5.74, 6) is -0.689. The molecule has 1 saturated heterocycles. The zero-order valence-electron chi connectivity index (χ0n) is 12.6. The lowest BCUT2D eigenvalue weighted by Crippen LogP contribution is -2.45. The highest BCUT2D eigenvalue weighted by molar-refractivity contribution is 5.85. The van der Waals surface area contributed by atoms with Crippen molar-refractivity contribution in [3.63, 3.8) is 0 Å². The number of halogens is 2. The molecule has 0 aromatic heterocycles. The van der Waals surface area contributed by atoms with Gasteiger partial charge in [-0.2, -0.15) is 0 Å². The third-order valence-corrected chi connectivity index (χ3v) is 4.05. The molecule has 1 heterocycles. The largest absolute Gasteiger partial charge is 0.505 e. The number of hydrogen-bond donors (Lipinski definition) is 2. The van der Waals surface area contributed by atoms with Crippen LogP contribution in [0.1, 0.15) is 44.2 Å². The van der Waals surface area contributed by atoms with Crippen LogP contribution in [0.4, 0.5) is 4.39 Å². The van der Waals surface area contributed by atoms with Gasteiger partial charge in [0.15, 0.2) is 11.6 Å². The van der Waals surface area contributed by atoms with E-state index in [0.717, 1.165) is 44.6 Å². The number of rotatable bonds is 6. The molecule has 1 fully saturated rings. The number of hydrogen-bond acceptors (Lipinski definition) is 3. The summed E-state index contributed by atoms with van der Waals surface area (Å²) in [5, 5.41) is 13.4. The second-order valence-corrected chi connectivity index (χ2v) is 5.48. The molecule has 0 amide bonds. The molecule has 0 aliphatic carbocycles. The zero-order chi connectivity index (χ0) is 14.4. The first kappa shape index (κ1) is 18.2. The van der Waals surface area contributed by atoms with Crippen molar-refractivity contribution in [3.8, 4) is 5.75 Å². The molecule has 0 spiro atoms. The minimum atomic E-state index is -0.516. The van der Waals surface area contributed by atoms with Crippen molar-refractivity contribution in [2.24, 2.45) is 0 Å². The van der Waals surface area contributed by atoms with E-state index >= 15 is 0 Å². The molecule has 1 aliphatic heterocycles. The molecular weight excluding hydrogens is 291 g/mol. The van der Waals surface area contributed by atoms with Crippen molar-refractivity contribution >= 4 is 12.4 Å². The summed E-state index contributed by atoms with van der Waals surface area (Å²) in [6.07, 6.45) is 4.44. The first-order chi connectivity index (χ1) is 9.74. The zero-order valence-corrected chi connectivity index (χ0v) is 13.5. The lowest BCUT2D eigenvalue weighted by atomic mass is 9.97. The molecule has 1 aliphatic rings. The van der Waals surface area contributed by atoms with Gasteiger partial charge in [0.25, 0.3) is 0 Å². The monoisotopic (exact) mass is 316 g/mol. The van der Waals surface area contributed by atoms with Gasteiger partial charge in [-0.3, -0.25) is 4.90 Å². The molecule has 3 nitrogen and oxygen atoms in total. The molecule has 21 heavy (non-hydrogen) atoms. The molecule has 0 saturated carbocycles. The van der Waals surface area contributed by atoms with Gasteiger partial charge in [-0.15, -0.1) is 12.4 Å². The Morgan fingerprint density at radius 2 is 2.00 bits per heavy atom. The van der Waals surface area contributed by atoms with Crippen molar-refractivity contribution in [1.82, 2.24) is 10.2 Å². The number of unbranched alkanes of at least 4 members (excludes halogenated alkanes) is 2. The van der Waals surface area contributed by atoms with Gasteiger partial charge in [0.1, 0.15) is 0 Å². The second kappa shape index (κ2) is 9.23. The second-order valence-electron chi connectivity index (χ2n) is 5.48. The van der Waals surface area contributed by atoms with E-state index in [1.165, 1.54) is 18.9 Å². The van der Waals surface area contributed by atoms with Crippen LogP contribution >= 0.6 is 12.4 Å². The molecular formula is C16H26ClFN2O. The van der Waals surface area contributed by atoms with Crippen molar-refractivity contribution in [2.45, 2.75) is 38.6 Å². The van der Waals surface area contributed by atoms with Gasteiger partial charge in [0.2, 0.25) is 0 Å². The van der Waals surface area contributed by atoms with E-state index in [1.54, 1.807) is 6.07 Å². The molecule has 0 bridgehead atoms. The van der Waals surface area contributed by atoms with Gasteiger partial charge < -0.3 is 10.4 Å².